The maximum Gasteiger partial charge on any atom is 0.273 e. The highest BCUT2D eigenvalue weighted by molar-refractivity contribution is 9.12. The highest BCUT2D eigenvalue weighted by Crippen LogP contribution is 2.44. The van der Waals surface area contributed by atoms with Crippen molar-refractivity contribution in [1.29, 1.82) is 0 Å². The van der Waals surface area contributed by atoms with Gasteiger partial charge in [-0.15, -0.1) is 0 Å². The molecule has 9 heteroatoms. The molecule has 0 radical (unpaired) electrons. The average Bonchev–Trinajstić information content (AvgIpc) is 3.07. The van der Waals surface area contributed by atoms with E-state index >= 15 is 0 Å². The van der Waals surface area contributed by atoms with Crippen LogP contribution < -0.4 is 0 Å². The molecule has 1 saturated carbocycles. The highest BCUT2D eigenvalue weighted by atomic mass is 79.9. The topological polar surface area (TPSA) is 74.8 Å². The van der Waals surface area contributed by atoms with Crippen molar-refractivity contribution in [2.24, 2.45) is 11.8 Å². The molecule has 0 bridgehead atoms. The number of benzene rings is 2. The van der Waals surface area contributed by atoms with Crippen LogP contribution in [0.25, 0.3) is 0 Å². The van der Waals surface area contributed by atoms with Crippen LogP contribution in [0.15, 0.2) is 54.6 Å². The predicted molar refractivity (Wildman–Crippen MR) is 136 cm³/mol. The Labute approximate surface area is 219 Å². The maximum absolute atomic E-state index is 13.8. The minimum atomic E-state index is -1.03. The van der Waals surface area contributed by atoms with Crippen LogP contribution in [0, 0.1) is 11.8 Å². The summed E-state index contributed by atoms with van der Waals surface area (Å²) in [6.07, 6.45) is 1.16. The molecule has 4 rings (SSSR count). The molecule has 1 heterocycles. The van der Waals surface area contributed by atoms with E-state index in [1.807, 2.05) is 0 Å². The van der Waals surface area contributed by atoms with E-state index in [1.54, 1.807) is 49.4 Å². The third-order valence-corrected chi connectivity index (χ3v) is 9.43. The number of hydrogen-bond acceptors (Lipinski definition) is 4. The number of hydrogen-bond donors (Lipinski definition) is 0. The van der Waals surface area contributed by atoms with Crippen molar-refractivity contribution in [3.63, 3.8) is 0 Å². The number of amides is 3. The molecule has 0 unspecified atom stereocenters. The summed E-state index contributed by atoms with van der Waals surface area (Å²) < 4.78 is 0. The Kier molecular flexibility index (Phi) is 7.60. The summed E-state index contributed by atoms with van der Waals surface area (Å²) >= 11 is 13.2. The van der Waals surface area contributed by atoms with Gasteiger partial charge in [-0.25, -0.2) is 5.01 Å². The smallest absolute Gasteiger partial charge is 0.273 e. The molecular weight excluding hydrogens is 588 g/mol. The molecule has 0 aromatic heterocycles. The first-order valence-electron chi connectivity index (χ1n) is 11.1. The van der Waals surface area contributed by atoms with Gasteiger partial charge in [0, 0.05) is 25.8 Å². The van der Waals surface area contributed by atoms with Crippen molar-refractivity contribution >= 4 is 67.0 Å². The molecular formula is C25H23Br2ClN2O4. The summed E-state index contributed by atoms with van der Waals surface area (Å²) in [5.41, 5.74) is 0.636. The normalized spacial score (nSPS) is 25.1. The fourth-order valence-corrected chi connectivity index (χ4v) is 6.01. The van der Waals surface area contributed by atoms with Crippen LogP contribution >= 0.6 is 43.5 Å². The number of ketones is 1. The zero-order valence-corrected chi connectivity index (χ0v) is 22.3. The van der Waals surface area contributed by atoms with Crippen LogP contribution in [0.5, 0.6) is 0 Å². The number of rotatable bonds is 6. The molecule has 3 amide bonds. The second kappa shape index (κ2) is 10.3. The lowest BCUT2D eigenvalue weighted by Crippen LogP contribution is -2.57. The Morgan fingerprint density at radius 1 is 0.941 bits per heavy atom. The van der Waals surface area contributed by atoms with E-state index < -0.39 is 35.6 Å². The van der Waals surface area contributed by atoms with E-state index in [0.717, 1.165) is 10.0 Å². The minimum absolute atomic E-state index is 0.0267. The molecule has 5 atom stereocenters. The summed E-state index contributed by atoms with van der Waals surface area (Å²) in [6.45, 7) is 1.76. The van der Waals surface area contributed by atoms with Gasteiger partial charge in [0.2, 0.25) is 0 Å². The molecule has 2 aliphatic rings. The molecule has 2 aromatic rings. The van der Waals surface area contributed by atoms with E-state index in [9.17, 15) is 19.2 Å². The van der Waals surface area contributed by atoms with E-state index in [-0.39, 0.29) is 27.4 Å². The van der Waals surface area contributed by atoms with Crippen LogP contribution in [0.3, 0.4) is 0 Å². The van der Waals surface area contributed by atoms with Gasteiger partial charge in [0.25, 0.3) is 17.7 Å². The molecule has 6 nitrogen and oxygen atoms in total. The van der Waals surface area contributed by atoms with Gasteiger partial charge < -0.3 is 0 Å². The van der Waals surface area contributed by atoms with Gasteiger partial charge in [0.05, 0.1) is 11.8 Å². The van der Waals surface area contributed by atoms with E-state index in [2.05, 4.69) is 31.9 Å². The Balaban J connectivity index is 1.78. The van der Waals surface area contributed by atoms with Gasteiger partial charge in [-0.1, -0.05) is 80.7 Å². The van der Waals surface area contributed by atoms with Crippen molar-refractivity contribution in [2.45, 2.75) is 41.9 Å². The fourth-order valence-electron chi connectivity index (χ4n) is 4.65. The Morgan fingerprint density at radius 3 is 1.97 bits per heavy atom. The Hall–Kier alpha value is -2.03. The summed E-state index contributed by atoms with van der Waals surface area (Å²) in [5.74, 6) is -2.91. The van der Waals surface area contributed by atoms with Gasteiger partial charge in [-0.05, 0) is 43.5 Å². The molecule has 1 aliphatic heterocycles. The lowest BCUT2D eigenvalue weighted by Gasteiger charge is -2.36. The molecule has 0 spiro atoms. The van der Waals surface area contributed by atoms with Crippen LogP contribution in [-0.2, 0) is 9.59 Å². The summed E-state index contributed by atoms with van der Waals surface area (Å²) in [4.78, 5) is 54.5. The Bertz CT molecular complexity index is 1080. The van der Waals surface area contributed by atoms with Crippen LogP contribution in [0.2, 0.25) is 5.02 Å². The van der Waals surface area contributed by atoms with Crippen molar-refractivity contribution in [1.82, 2.24) is 10.0 Å². The molecule has 178 valence electrons. The van der Waals surface area contributed by atoms with E-state index in [1.165, 1.54) is 12.1 Å². The van der Waals surface area contributed by atoms with Gasteiger partial charge >= 0.3 is 0 Å². The second-order valence-corrected chi connectivity index (χ2v) is 11.3. The van der Waals surface area contributed by atoms with Crippen LogP contribution in [0.1, 0.15) is 46.9 Å². The van der Waals surface area contributed by atoms with Gasteiger partial charge in [-0.2, -0.15) is 5.01 Å². The number of nitrogens with zero attached hydrogens (tertiary/aromatic N) is 2. The lowest BCUT2D eigenvalue weighted by molar-refractivity contribution is -0.156. The molecule has 1 aliphatic carbocycles. The molecule has 1 saturated heterocycles. The van der Waals surface area contributed by atoms with Gasteiger partial charge in [0.15, 0.2) is 5.78 Å². The molecule has 0 N–H and O–H groups in total. The third kappa shape index (κ3) is 4.60. The quantitative estimate of drug-likeness (QED) is 0.254. The SMILES string of the molecule is CC[C@H](C(=O)c1ccccc1)N(C(=O)c1ccc(Cl)cc1)N1C(=O)[C@H]2C[C@@H](Br)[C@@H](Br)C[C@H]2C1=O. The number of alkyl halides is 2. The number of hydrazine groups is 1. The minimum Gasteiger partial charge on any atom is -0.292 e. The standard InChI is InChI=1S/C25H23Br2ClN2O4/c1-2-21(22(31)14-6-4-3-5-7-14)29(23(32)15-8-10-16(28)11-9-15)30-24(33)17-12-19(26)20(27)13-18(17)25(30)34/h3-11,17-21H,2,12-13H2,1H3/t17-,18+,19+,20-,21-/m1/s1. The summed E-state index contributed by atoms with van der Waals surface area (Å²) in [7, 11) is 0. The summed E-state index contributed by atoms with van der Waals surface area (Å²) in [6, 6.07) is 13.7. The number of carbonyl (C=O) groups excluding carboxylic acids is 4. The number of imide groups is 1. The first-order chi connectivity index (χ1) is 16.2. The molecule has 2 fully saturated rings. The third-order valence-electron chi connectivity index (χ3n) is 6.45. The summed E-state index contributed by atoms with van der Waals surface area (Å²) in [5, 5.41) is 2.46. The molecule has 34 heavy (non-hydrogen) atoms. The molecule has 2 aromatic carbocycles. The zero-order valence-electron chi connectivity index (χ0n) is 18.4. The zero-order chi connectivity index (χ0) is 24.6. The number of carbonyl (C=O) groups is 4. The fraction of sp³-hybridized carbons (Fsp3) is 0.360. The first-order valence-corrected chi connectivity index (χ1v) is 13.3. The van der Waals surface area contributed by atoms with Crippen molar-refractivity contribution in [2.75, 3.05) is 0 Å². The van der Waals surface area contributed by atoms with Crippen molar-refractivity contribution < 1.29 is 19.2 Å². The van der Waals surface area contributed by atoms with Gasteiger partial charge in [-0.3, -0.25) is 19.2 Å². The number of Topliss-reactive ketones (excluding diaryl/α,β-unsaturated/α-hetero) is 1. The van der Waals surface area contributed by atoms with Crippen molar-refractivity contribution in [3.8, 4) is 0 Å². The highest BCUT2D eigenvalue weighted by Gasteiger charge is 2.56. The van der Waals surface area contributed by atoms with Crippen molar-refractivity contribution in [3.05, 3.63) is 70.7 Å². The average molecular weight is 611 g/mol. The van der Waals surface area contributed by atoms with Crippen LogP contribution in [0.4, 0.5) is 0 Å². The second-order valence-electron chi connectivity index (χ2n) is 8.52. The monoisotopic (exact) mass is 608 g/mol. The largest absolute Gasteiger partial charge is 0.292 e. The Morgan fingerprint density at radius 2 is 1.47 bits per heavy atom. The number of fused-ring (bicyclic) bond motifs is 1. The number of halogens is 3. The van der Waals surface area contributed by atoms with E-state index in [4.69, 9.17) is 11.6 Å². The van der Waals surface area contributed by atoms with Crippen LogP contribution in [-0.4, -0.2) is 49.2 Å². The van der Waals surface area contributed by atoms with E-state index in [0.29, 0.717) is 23.4 Å². The predicted octanol–water partition coefficient (Wildman–Crippen LogP) is 5.28. The lowest BCUT2D eigenvalue weighted by atomic mass is 9.81. The maximum atomic E-state index is 13.8. The first kappa shape index (κ1) is 25.1. The van der Waals surface area contributed by atoms with Gasteiger partial charge in [0.1, 0.15) is 6.04 Å².